The fraction of sp³-hybridized carbons (Fsp3) is 0.368. The van der Waals surface area contributed by atoms with Gasteiger partial charge in [0.15, 0.2) is 0 Å². The van der Waals surface area contributed by atoms with Gasteiger partial charge in [-0.25, -0.2) is 0 Å². The Labute approximate surface area is 137 Å². The van der Waals surface area contributed by atoms with E-state index in [9.17, 15) is 5.11 Å². The van der Waals surface area contributed by atoms with Gasteiger partial charge in [-0.1, -0.05) is 36.4 Å². The van der Waals surface area contributed by atoms with Gasteiger partial charge in [-0.3, -0.25) is 0 Å². The van der Waals surface area contributed by atoms with Gasteiger partial charge in [0.25, 0.3) is 0 Å². The van der Waals surface area contributed by atoms with Crippen LogP contribution in [0.15, 0.2) is 54.6 Å². The molecule has 0 bridgehead atoms. The van der Waals surface area contributed by atoms with Gasteiger partial charge in [0.1, 0.15) is 30.3 Å². The maximum absolute atomic E-state index is 9.97. The molecule has 2 atom stereocenters. The molecule has 1 aliphatic heterocycles. The van der Waals surface area contributed by atoms with Crippen molar-refractivity contribution in [3.8, 4) is 11.5 Å². The van der Waals surface area contributed by atoms with Crippen LogP contribution in [-0.2, 0) is 6.42 Å². The van der Waals surface area contributed by atoms with Crippen molar-refractivity contribution in [2.45, 2.75) is 25.0 Å². The van der Waals surface area contributed by atoms with E-state index in [1.165, 1.54) is 5.56 Å². The first kappa shape index (κ1) is 15.8. The van der Waals surface area contributed by atoms with Gasteiger partial charge in [-0.15, -0.1) is 0 Å². The van der Waals surface area contributed by atoms with E-state index in [0.717, 1.165) is 30.9 Å². The zero-order valence-corrected chi connectivity index (χ0v) is 13.2. The molecular weight excluding hydrogens is 290 g/mol. The van der Waals surface area contributed by atoms with Gasteiger partial charge < -0.3 is 19.9 Å². The molecule has 1 aliphatic rings. The molecule has 0 radical (unpaired) electrons. The van der Waals surface area contributed by atoms with Crippen molar-refractivity contribution in [2.75, 3.05) is 19.7 Å². The van der Waals surface area contributed by atoms with Crippen molar-refractivity contribution in [2.24, 2.45) is 0 Å². The standard InChI is InChI=1S/C19H23NO3/c21-16(14-22-17-7-2-1-3-8-17)12-20-13-18-11-10-15-6-4-5-9-19(15)23-18/h1-9,16,18,20-21H,10-14H2/t16-,18+/m0/s1. The molecule has 2 aromatic rings. The molecule has 0 unspecified atom stereocenters. The molecule has 1 heterocycles. The summed E-state index contributed by atoms with van der Waals surface area (Å²) in [5, 5.41) is 13.2. The van der Waals surface area contributed by atoms with Gasteiger partial charge in [-0.05, 0) is 36.6 Å². The van der Waals surface area contributed by atoms with Crippen molar-refractivity contribution in [3.05, 3.63) is 60.2 Å². The summed E-state index contributed by atoms with van der Waals surface area (Å²) in [6.07, 6.45) is 1.67. The van der Waals surface area contributed by atoms with Crippen molar-refractivity contribution in [3.63, 3.8) is 0 Å². The highest BCUT2D eigenvalue weighted by atomic mass is 16.5. The van der Waals surface area contributed by atoms with Crippen LogP contribution in [0, 0.1) is 0 Å². The first-order valence-electron chi connectivity index (χ1n) is 8.12. The molecular formula is C19H23NO3. The zero-order chi connectivity index (χ0) is 15.9. The molecule has 4 heteroatoms. The summed E-state index contributed by atoms with van der Waals surface area (Å²) < 4.78 is 11.5. The van der Waals surface area contributed by atoms with Gasteiger partial charge in [0.2, 0.25) is 0 Å². The predicted molar refractivity (Wildman–Crippen MR) is 90.0 cm³/mol. The lowest BCUT2D eigenvalue weighted by Gasteiger charge is -2.26. The number of aliphatic hydroxyl groups is 1. The van der Waals surface area contributed by atoms with Crippen LogP contribution < -0.4 is 14.8 Å². The minimum atomic E-state index is -0.536. The number of rotatable bonds is 7. The van der Waals surface area contributed by atoms with E-state index in [0.29, 0.717) is 6.54 Å². The van der Waals surface area contributed by atoms with Crippen LogP contribution >= 0.6 is 0 Å². The van der Waals surface area contributed by atoms with Crippen molar-refractivity contribution >= 4 is 0 Å². The Morgan fingerprint density at radius 2 is 1.91 bits per heavy atom. The fourth-order valence-corrected chi connectivity index (χ4v) is 2.70. The average Bonchev–Trinajstić information content (AvgIpc) is 2.61. The molecule has 2 N–H and O–H groups in total. The Morgan fingerprint density at radius 3 is 2.78 bits per heavy atom. The lowest BCUT2D eigenvalue weighted by atomic mass is 10.0. The van der Waals surface area contributed by atoms with Crippen LogP contribution in [0.3, 0.4) is 0 Å². The van der Waals surface area contributed by atoms with Gasteiger partial charge in [0.05, 0.1) is 0 Å². The Balaban J connectivity index is 1.35. The zero-order valence-electron chi connectivity index (χ0n) is 13.2. The molecule has 0 saturated carbocycles. The van der Waals surface area contributed by atoms with Crippen LogP contribution in [-0.4, -0.2) is 37.0 Å². The van der Waals surface area contributed by atoms with Gasteiger partial charge in [0, 0.05) is 13.1 Å². The highest BCUT2D eigenvalue weighted by Gasteiger charge is 2.19. The fourth-order valence-electron chi connectivity index (χ4n) is 2.70. The highest BCUT2D eigenvalue weighted by molar-refractivity contribution is 5.35. The first-order chi connectivity index (χ1) is 11.3. The van der Waals surface area contributed by atoms with Crippen LogP contribution in [0.5, 0.6) is 11.5 Å². The number of hydrogen-bond donors (Lipinski definition) is 2. The molecule has 0 aliphatic carbocycles. The highest BCUT2D eigenvalue weighted by Crippen LogP contribution is 2.26. The van der Waals surface area contributed by atoms with E-state index >= 15 is 0 Å². The molecule has 0 spiro atoms. The quantitative estimate of drug-likeness (QED) is 0.824. The summed E-state index contributed by atoms with van der Waals surface area (Å²) in [6.45, 7) is 1.51. The first-order valence-corrected chi connectivity index (χ1v) is 8.12. The average molecular weight is 313 g/mol. The molecule has 0 amide bonds. The Morgan fingerprint density at radius 1 is 1.13 bits per heavy atom. The lowest BCUT2D eigenvalue weighted by Crippen LogP contribution is -2.39. The number of fused-ring (bicyclic) bond motifs is 1. The van der Waals surface area contributed by atoms with Crippen molar-refractivity contribution in [1.82, 2.24) is 5.32 Å². The molecule has 4 nitrogen and oxygen atoms in total. The molecule has 23 heavy (non-hydrogen) atoms. The lowest BCUT2D eigenvalue weighted by molar-refractivity contribution is 0.0998. The van der Waals surface area contributed by atoms with Gasteiger partial charge in [-0.2, -0.15) is 0 Å². The third-order valence-electron chi connectivity index (χ3n) is 3.94. The summed E-state index contributed by atoms with van der Waals surface area (Å²) in [6, 6.07) is 17.7. The second-order valence-electron chi connectivity index (χ2n) is 5.82. The number of hydrogen-bond acceptors (Lipinski definition) is 4. The number of ether oxygens (including phenoxy) is 2. The summed E-state index contributed by atoms with van der Waals surface area (Å²) in [5.74, 6) is 1.76. The van der Waals surface area contributed by atoms with Crippen molar-refractivity contribution < 1.29 is 14.6 Å². The number of aliphatic hydroxyl groups excluding tert-OH is 1. The van der Waals surface area contributed by atoms with E-state index in [4.69, 9.17) is 9.47 Å². The van der Waals surface area contributed by atoms with Crippen LogP contribution in [0.1, 0.15) is 12.0 Å². The SMILES string of the molecule is O[C@@H](CNC[C@H]1CCc2ccccc2O1)COc1ccccc1. The number of aryl methyl sites for hydroxylation is 1. The van der Waals surface area contributed by atoms with E-state index in [-0.39, 0.29) is 12.7 Å². The normalized spacial score (nSPS) is 17.9. The molecule has 122 valence electrons. The monoisotopic (exact) mass is 313 g/mol. The molecule has 0 saturated heterocycles. The maximum Gasteiger partial charge on any atom is 0.122 e. The minimum absolute atomic E-state index is 0.159. The summed E-state index contributed by atoms with van der Waals surface area (Å²) in [4.78, 5) is 0. The van der Waals surface area contributed by atoms with E-state index in [2.05, 4.69) is 11.4 Å². The van der Waals surface area contributed by atoms with E-state index < -0.39 is 6.10 Å². The van der Waals surface area contributed by atoms with Crippen molar-refractivity contribution in [1.29, 1.82) is 0 Å². The van der Waals surface area contributed by atoms with Crippen LogP contribution in [0.4, 0.5) is 0 Å². The smallest absolute Gasteiger partial charge is 0.122 e. The second-order valence-corrected chi connectivity index (χ2v) is 5.82. The van der Waals surface area contributed by atoms with Crippen LogP contribution in [0.25, 0.3) is 0 Å². The Kier molecular flexibility index (Phi) is 5.51. The third-order valence-corrected chi connectivity index (χ3v) is 3.94. The number of nitrogens with one attached hydrogen (secondary N) is 1. The third kappa shape index (κ3) is 4.71. The summed E-state index contributed by atoms with van der Waals surface area (Å²) in [7, 11) is 0. The maximum atomic E-state index is 9.97. The summed E-state index contributed by atoms with van der Waals surface area (Å²) in [5.41, 5.74) is 1.28. The predicted octanol–water partition coefficient (Wildman–Crippen LogP) is 2.41. The molecule has 0 aromatic heterocycles. The molecule has 2 aromatic carbocycles. The van der Waals surface area contributed by atoms with E-state index in [1.807, 2.05) is 48.5 Å². The number of para-hydroxylation sites is 2. The van der Waals surface area contributed by atoms with Crippen LogP contribution in [0.2, 0.25) is 0 Å². The minimum Gasteiger partial charge on any atom is -0.491 e. The number of benzene rings is 2. The Bertz CT molecular complexity index is 603. The van der Waals surface area contributed by atoms with E-state index in [1.54, 1.807) is 0 Å². The Hall–Kier alpha value is -2.04. The molecule has 0 fully saturated rings. The summed E-state index contributed by atoms with van der Waals surface area (Å²) >= 11 is 0. The largest absolute Gasteiger partial charge is 0.491 e. The van der Waals surface area contributed by atoms with Gasteiger partial charge >= 0.3 is 0 Å². The topological polar surface area (TPSA) is 50.7 Å². The molecule has 3 rings (SSSR count). The second kappa shape index (κ2) is 7.99.